The van der Waals surface area contributed by atoms with Gasteiger partial charge in [-0.2, -0.15) is 4.98 Å². The van der Waals surface area contributed by atoms with Crippen molar-refractivity contribution < 1.29 is 14.3 Å². The number of aromatic nitrogens is 4. The number of aryl methyl sites for hydroxylation is 1. The molecule has 41 heavy (non-hydrogen) atoms. The Labute approximate surface area is 235 Å². The van der Waals surface area contributed by atoms with Crippen molar-refractivity contribution in [1.82, 2.24) is 18.7 Å². The molecule has 0 spiro atoms. The maximum atomic E-state index is 13.7. The molecule has 1 atom stereocenters. The largest absolute Gasteiger partial charge is 0.459 e. The summed E-state index contributed by atoms with van der Waals surface area (Å²) in [5, 5.41) is 0. The highest BCUT2D eigenvalue weighted by Crippen LogP contribution is 2.34. The monoisotopic (exact) mass is 551 g/mol. The maximum Gasteiger partial charge on any atom is 0.333 e. The summed E-state index contributed by atoms with van der Waals surface area (Å²) >= 11 is 0. The second-order valence-corrected chi connectivity index (χ2v) is 10.2. The lowest BCUT2D eigenvalue weighted by atomic mass is 10.1. The molecule has 208 valence electrons. The molecule has 1 aliphatic heterocycles. The molecule has 5 aromatic rings. The van der Waals surface area contributed by atoms with Crippen molar-refractivity contribution in [3.8, 4) is 11.5 Å². The number of carbonyl (C=O) groups is 1. The minimum absolute atomic E-state index is 0.0563. The van der Waals surface area contributed by atoms with E-state index in [2.05, 4.69) is 6.92 Å². The third-order valence-electron chi connectivity index (χ3n) is 7.10. The van der Waals surface area contributed by atoms with E-state index >= 15 is 0 Å². The van der Waals surface area contributed by atoms with Gasteiger partial charge >= 0.3 is 11.7 Å². The Hall–Kier alpha value is -5.12. The maximum absolute atomic E-state index is 13.7. The average molecular weight is 552 g/mol. The number of hydrogen-bond donors (Lipinski definition) is 0. The van der Waals surface area contributed by atoms with Gasteiger partial charge in [0.15, 0.2) is 11.2 Å². The summed E-state index contributed by atoms with van der Waals surface area (Å²) < 4.78 is 15.3. The van der Waals surface area contributed by atoms with Crippen molar-refractivity contribution in [3.63, 3.8) is 0 Å². The summed E-state index contributed by atoms with van der Waals surface area (Å²) in [4.78, 5) is 46.2. The zero-order valence-corrected chi connectivity index (χ0v) is 22.8. The van der Waals surface area contributed by atoms with Gasteiger partial charge in [-0.05, 0) is 47.9 Å². The van der Waals surface area contributed by atoms with Crippen LogP contribution in [0.5, 0.6) is 11.5 Å². The van der Waals surface area contributed by atoms with E-state index in [1.54, 1.807) is 7.05 Å². The first-order chi connectivity index (χ1) is 19.9. The summed E-state index contributed by atoms with van der Waals surface area (Å²) in [5.74, 6) is 1.52. The van der Waals surface area contributed by atoms with Gasteiger partial charge in [-0.1, -0.05) is 55.5 Å². The molecule has 1 aliphatic rings. The van der Waals surface area contributed by atoms with Crippen LogP contribution in [-0.2, 0) is 36.3 Å². The van der Waals surface area contributed by atoms with Gasteiger partial charge in [-0.3, -0.25) is 14.2 Å². The van der Waals surface area contributed by atoms with Gasteiger partial charge in [0.05, 0.1) is 0 Å². The minimum Gasteiger partial charge on any atom is -0.459 e. The molecule has 10 heteroatoms. The molecule has 0 fully saturated rings. The van der Waals surface area contributed by atoms with Crippen molar-refractivity contribution in [2.24, 2.45) is 13.0 Å². The highest BCUT2D eigenvalue weighted by Gasteiger charge is 2.30. The van der Waals surface area contributed by atoms with Crippen LogP contribution in [0.15, 0.2) is 94.5 Å². The highest BCUT2D eigenvalue weighted by atomic mass is 16.5. The van der Waals surface area contributed by atoms with Crippen LogP contribution in [0.25, 0.3) is 11.2 Å². The molecule has 3 aromatic carbocycles. The molecule has 6 rings (SSSR count). The molecule has 3 heterocycles. The Bertz CT molecular complexity index is 1830. The molecule has 0 radical (unpaired) electrons. The number of ether oxygens (including phenoxy) is 2. The Morgan fingerprint density at radius 1 is 0.902 bits per heavy atom. The van der Waals surface area contributed by atoms with Crippen LogP contribution in [0.1, 0.15) is 12.5 Å². The Balaban J connectivity index is 1.32. The van der Waals surface area contributed by atoms with Gasteiger partial charge in [0.2, 0.25) is 5.95 Å². The lowest BCUT2D eigenvalue weighted by molar-refractivity contribution is -0.145. The van der Waals surface area contributed by atoms with E-state index in [1.165, 1.54) is 4.57 Å². The van der Waals surface area contributed by atoms with E-state index in [4.69, 9.17) is 14.5 Å². The van der Waals surface area contributed by atoms with Crippen molar-refractivity contribution >= 4 is 28.8 Å². The molecule has 10 nitrogen and oxygen atoms in total. The molecule has 0 amide bonds. The Morgan fingerprint density at radius 2 is 1.56 bits per heavy atom. The number of fused-ring (bicyclic) bond motifs is 3. The van der Waals surface area contributed by atoms with Crippen LogP contribution >= 0.6 is 0 Å². The van der Waals surface area contributed by atoms with Crippen molar-refractivity contribution in [2.45, 2.75) is 26.6 Å². The quantitative estimate of drug-likeness (QED) is 0.279. The smallest absolute Gasteiger partial charge is 0.333 e. The summed E-state index contributed by atoms with van der Waals surface area (Å²) in [6.45, 7) is 2.88. The predicted molar refractivity (Wildman–Crippen MR) is 155 cm³/mol. The Kier molecular flexibility index (Phi) is 6.88. The third kappa shape index (κ3) is 5.11. The summed E-state index contributed by atoms with van der Waals surface area (Å²) in [6, 6.07) is 26.4. The zero-order chi connectivity index (χ0) is 28.5. The summed E-state index contributed by atoms with van der Waals surface area (Å²) in [6.07, 6.45) is 0. The number of hydrogen-bond acceptors (Lipinski definition) is 7. The number of nitrogens with zero attached hydrogens (tertiary/aromatic N) is 5. The molecule has 0 unspecified atom stereocenters. The van der Waals surface area contributed by atoms with E-state index in [1.807, 2.05) is 94.4 Å². The number of imidazole rings is 1. The fraction of sp³-hybridized carbons (Fsp3) is 0.226. The van der Waals surface area contributed by atoms with Gasteiger partial charge in [0, 0.05) is 25.8 Å². The fourth-order valence-corrected chi connectivity index (χ4v) is 5.09. The number of anilines is 2. The predicted octanol–water partition coefficient (Wildman–Crippen LogP) is 4.22. The minimum atomic E-state index is -0.668. The first-order valence-electron chi connectivity index (χ1n) is 13.4. The fourth-order valence-electron chi connectivity index (χ4n) is 5.09. The third-order valence-corrected chi connectivity index (χ3v) is 7.10. The number of benzene rings is 3. The van der Waals surface area contributed by atoms with E-state index in [9.17, 15) is 14.4 Å². The van der Waals surface area contributed by atoms with Crippen molar-refractivity contribution in [2.75, 3.05) is 11.4 Å². The standard InChI is InChI=1S/C31H29N5O5/c1-21-17-34(23-13-15-25(16-14-23)41-24-11-7-4-8-12-24)30-32-28-27(35(30)18-21)29(38)36(31(39)33(28)2)19-26(37)40-20-22-9-5-3-6-10-22/h3-16,21H,17-20H2,1-2H3/t21-/m1/s1. The number of carbonyl (C=O) groups excluding carboxylic acids is 1. The molecule has 0 aliphatic carbocycles. The van der Waals surface area contributed by atoms with Crippen LogP contribution in [0, 0.1) is 5.92 Å². The first-order valence-corrected chi connectivity index (χ1v) is 13.4. The van der Waals surface area contributed by atoms with Crippen LogP contribution in [0.3, 0.4) is 0 Å². The lowest BCUT2D eigenvalue weighted by Gasteiger charge is -2.33. The molecule has 0 bridgehead atoms. The molecule has 0 saturated heterocycles. The average Bonchev–Trinajstić information content (AvgIpc) is 3.38. The van der Waals surface area contributed by atoms with E-state index in [0.717, 1.165) is 21.6 Å². The zero-order valence-electron chi connectivity index (χ0n) is 22.8. The van der Waals surface area contributed by atoms with Gasteiger partial charge in [-0.15, -0.1) is 0 Å². The van der Waals surface area contributed by atoms with E-state index in [-0.39, 0.29) is 23.7 Å². The van der Waals surface area contributed by atoms with Crippen LogP contribution in [0.2, 0.25) is 0 Å². The van der Waals surface area contributed by atoms with Gasteiger partial charge in [0.1, 0.15) is 24.7 Å². The topological polar surface area (TPSA) is 101 Å². The summed E-state index contributed by atoms with van der Waals surface area (Å²) in [5.41, 5.74) is 1.04. The SMILES string of the molecule is C[C@@H]1CN(c2ccc(Oc3ccccc3)cc2)c2nc3c(c(=O)n(CC(=O)OCc4ccccc4)c(=O)n3C)n2C1. The van der Waals surface area contributed by atoms with Gasteiger partial charge in [-0.25, -0.2) is 9.36 Å². The number of rotatable bonds is 7. The molecule has 2 aromatic heterocycles. The molecular weight excluding hydrogens is 522 g/mol. The number of esters is 1. The van der Waals surface area contributed by atoms with Crippen molar-refractivity contribution in [1.29, 1.82) is 0 Å². The van der Waals surface area contributed by atoms with Gasteiger partial charge < -0.3 is 18.9 Å². The highest BCUT2D eigenvalue weighted by molar-refractivity contribution is 5.78. The summed E-state index contributed by atoms with van der Waals surface area (Å²) in [7, 11) is 1.55. The molecule has 0 N–H and O–H groups in total. The first kappa shape index (κ1) is 26.1. The van der Waals surface area contributed by atoms with E-state index < -0.39 is 23.8 Å². The molecular formula is C31H29N5O5. The Morgan fingerprint density at radius 3 is 2.27 bits per heavy atom. The van der Waals surface area contributed by atoms with E-state index in [0.29, 0.717) is 24.8 Å². The lowest BCUT2D eigenvalue weighted by Crippen LogP contribution is -2.42. The van der Waals surface area contributed by atoms with Crippen molar-refractivity contribution in [3.05, 3.63) is 111 Å². The second kappa shape index (κ2) is 10.8. The van der Waals surface area contributed by atoms with Gasteiger partial charge in [0.25, 0.3) is 5.56 Å². The van der Waals surface area contributed by atoms with Crippen LogP contribution < -0.4 is 20.9 Å². The van der Waals surface area contributed by atoms with Crippen LogP contribution in [0.4, 0.5) is 11.6 Å². The second-order valence-electron chi connectivity index (χ2n) is 10.2. The molecule has 0 saturated carbocycles. The van der Waals surface area contributed by atoms with Crippen LogP contribution in [-0.4, -0.2) is 31.2 Å². The number of para-hydroxylation sites is 1. The normalized spacial score (nSPS) is 14.6.